The van der Waals surface area contributed by atoms with Gasteiger partial charge < -0.3 is 4.74 Å². The number of aldehydes is 1. The van der Waals surface area contributed by atoms with Crippen molar-refractivity contribution in [2.24, 2.45) is 0 Å². The van der Waals surface area contributed by atoms with Gasteiger partial charge in [-0.1, -0.05) is 12.1 Å². The molecule has 0 atom stereocenters. The van der Waals surface area contributed by atoms with Gasteiger partial charge in [0, 0.05) is 11.8 Å². The number of ether oxygens (including phenoxy) is 1. The highest BCUT2D eigenvalue weighted by atomic mass is 19.4. The van der Waals surface area contributed by atoms with Crippen LogP contribution >= 0.6 is 0 Å². The van der Waals surface area contributed by atoms with Gasteiger partial charge in [0.2, 0.25) is 0 Å². The summed E-state index contributed by atoms with van der Waals surface area (Å²) in [5.74, 6) is 0.124. The molecule has 0 aliphatic rings. The third-order valence-corrected chi connectivity index (χ3v) is 2.54. The summed E-state index contributed by atoms with van der Waals surface area (Å²) in [4.78, 5) is 14.3. The maximum absolute atomic E-state index is 12.5. The van der Waals surface area contributed by atoms with E-state index in [0.717, 1.165) is 12.1 Å². The van der Waals surface area contributed by atoms with Gasteiger partial charge in [-0.25, -0.2) is 0 Å². The Bertz CT molecular complexity index is 594. The summed E-state index contributed by atoms with van der Waals surface area (Å²) in [6.07, 6.45) is -2.35. The van der Waals surface area contributed by atoms with Crippen molar-refractivity contribution in [3.8, 4) is 5.75 Å². The molecular weight excluding hydrogens is 271 g/mol. The molecule has 1 heterocycles. The molecule has 0 unspecified atom stereocenters. The number of pyridine rings is 1. The van der Waals surface area contributed by atoms with Crippen LogP contribution in [-0.4, -0.2) is 11.3 Å². The van der Waals surface area contributed by atoms with E-state index < -0.39 is 11.7 Å². The highest BCUT2D eigenvalue weighted by Crippen LogP contribution is 2.31. The topological polar surface area (TPSA) is 39.2 Å². The number of benzene rings is 1. The van der Waals surface area contributed by atoms with Crippen LogP contribution in [0.15, 0.2) is 42.6 Å². The Morgan fingerprint density at radius 3 is 2.60 bits per heavy atom. The van der Waals surface area contributed by atoms with E-state index >= 15 is 0 Å². The molecule has 0 saturated heterocycles. The lowest BCUT2D eigenvalue weighted by molar-refractivity contribution is -0.137. The second-order valence-electron chi connectivity index (χ2n) is 4.02. The quantitative estimate of drug-likeness (QED) is 0.805. The van der Waals surface area contributed by atoms with E-state index in [1.54, 1.807) is 6.07 Å². The molecule has 0 fully saturated rings. The third-order valence-electron chi connectivity index (χ3n) is 2.54. The minimum Gasteiger partial charge on any atom is -0.489 e. The van der Waals surface area contributed by atoms with Gasteiger partial charge in [0.15, 0.2) is 6.29 Å². The Morgan fingerprint density at radius 1 is 1.20 bits per heavy atom. The Labute approximate surface area is 113 Å². The Morgan fingerprint density at radius 2 is 2.00 bits per heavy atom. The number of nitrogens with zero attached hydrogens (tertiary/aromatic N) is 1. The average Bonchev–Trinajstić information content (AvgIpc) is 2.45. The first-order valence-electron chi connectivity index (χ1n) is 5.69. The van der Waals surface area contributed by atoms with Crippen LogP contribution in [0.2, 0.25) is 0 Å². The van der Waals surface area contributed by atoms with Crippen LogP contribution in [0.1, 0.15) is 21.6 Å². The first-order valence-corrected chi connectivity index (χ1v) is 5.69. The Balaban J connectivity index is 2.05. The zero-order valence-corrected chi connectivity index (χ0v) is 10.2. The number of rotatable bonds is 4. The smallest absolute Gasteiger partial charge is 0.416 e. The first-order chi connectivity index (χ1) is 9.49. The van der Waals surface area contributed by atoms with Gasteiger partial charge in [0.1, 0.15) is 18.1 Å². The summed E-state index contributed by atoms with van der Waals surface area (Å²) in [5, 5.41) is 0. The van der Waals surface area contributed by atoms with Crippen molar-refractivity contribution in [1.29, 1.82) is 0 Å². The zero-order chi connectivity index (χ0) is 14.6. The fourth-order valence-corrected chi connectivity index (χ4v) is 1.52. The predicted octanol–water partition coefficient (Wildman–Crippen LogP) is 3.49. The van der Waals surface area contributed by atoms with Crippen LogP contribution in [-0.2, 0) is 12.8 Å². The largest absolute Gasteiger partial charge is 0.489 e. The minimum atomic E-state index is -4.40. The van der Waals surface area contributed by atoms with Crippen molar-refractivity contribution in [2.75, 3.05) is 0 Å². The average molecular weight is 281 g/mol. The van der Waals surface area contributed by atoms with Crippen LogP contribution < -0.4 is 4.74 Å². The van der Waals surface area contributed by atoms with E-state index in [-0.39, 0.29) is 18.1 Å². The number of carbonyl (C=O) groups is 1. The molecular formula is C14H10F3NO2. The number of hydrogen-bond donors (Lipinski definition) is 0. The first kappa shape index (κ1) is 14.0. The Hall–Kier alpha value is -2.37. The predicted molar refractivity (Wildman–Crippen MR) is 65.4 cm³/mol. The van der Waals surface area contributed by atoms with Crippen molar-refractivity contribution in [1.82, 2.24) is 4.98 Å². The lowest BCUT2D eigenvalue weighted by Crippen LogP contribution is -2.05. The van der Waals surface area contributed by atoms with Crippen LogP contribution in [0.25, 0.3) is 0 Å². The maximum atomic E-state index is 12.5. The molecule has 1 aromatic carbocycles. The van der Waals surface area contributed by atoms with Crippen molar-refractivity contribution in [2.45, 2.75) is 12.8 Å². The lowest BCUT2D eigenvalue weighted by Gasteiger charge is -2.10. The lowest BCUT2D eigenvalue weighted by atomic mass is 10.2. The van der Waals surface area contributed by atoms with Gasteiger partial charge >= 0.3 is 6.18 Å². The summed E-state index contributed by atoms with van der Waals surface area (Å²) in [7, 11) is 0. The standard InChI is InChI=1S/C14H10F3NO2/c15-14(16,17)11-2-1-3-13(6-11)20-9-10-4-5-12(8-19)18-7-10/h1-8H,9H2. The SMILES string of the molecule is O=Cc1ccc(COc2cccc(C(F)(F)F)c2)cn1. The van der Waals surface area contributed by atoms with E-state index in [1.807, 2.05) is 0 Å². The molecule has 0 saturated carbocycles. The van der Waals surface area contributed by atoms with E-state index in [2.05, 4.69) is 4.98 Å². The maximum Gasteiger partial charge on any atom is 0.416 e. The molecule has 104 valence electrons. The molecule has 2 rings (SSSR count). The van der Waals surface area contributed by atoms with Crippen LogP contribution in [0.5, 0.6) is 5.75 Å². The molecule has 0 amide bonds. The molecule has 0 aliphatic carbocycles. The molecule has 0 spiro atoms. The van der Waals surface area contributed by atoms with E-state index in [4.69, 9.17) is 4.74 Å². The van der Waals surface area contributed by atoms with Gasteiger partial charge in [0.25, 0.3) is 0 Å². The summed E-state index contributed by atoms with van der Waals surface area (Å²) in [6, 6.07) is 7.79. The van der Waals surface area contributed by atoms with Crippen molar-refractivity contribution in [3.63, 3.8) is 0 Å². The van der Waals surface area contributed by atoms with Gasteiger partial charge in [-0.05, 0) is 24.3 Å². The monoisotopic (exact) mass is 281 g/mol. The van der Waals surface area contributed by atoms with Crippen LogP contribution in [0, 0.1) is 0 Å². The second-order valence-corrected chi connectivity index (χ2v) is 4.02. The summed E-state index contributed by atoms with van der Waals surface area (Å²) >= 11 is 0. The molecule has 0 aliphatic heterocycles. The molecule has 2 aromatic rings. The number of hydrogen-bond acceptors (Lipinski definition) is 3. The normalized spacial score (nSPS) is 11.2. The highest BCUT2D eigenvalue weighted by Gasteiger charge is 2.30. The van der Waals surface area contributed by atoms with Gasteiger partial charge in [-0.2, -0.15) is 13.2 Å². The molecule has 0 bridgehead atoms. The van der Waals surface area contributed by atoms with Gasteiger partial charge in [-0.15, -0.1) is 0 Å². The van der Waals surface area contributed by atoms with E-state index in [1.165, 1.54) is 24.4 Å². The molecule has 20 heavy (non-hydrogen) atoms. The van der Waals surface area contributed by atoms with Gasteiger partial charge in [-0.3, -0.25) is 9.78 Å². The van der Waals surface area contributed by atoms with E-state index in [0.29, 0.717) is 11.8 Å². The fraction of sp³-hybridized carbons (Fsp3) is 0.143. The highest BCUT2D eigenvalue weighted by molar-refractivity contribution is 5.71. The minimum absolute atomic E-state index is 0.0768. The zero-order valence-electron chi connectivity index (χ0n) is 10.2. The van der Waals surface area contributed by atoms with Crippen molar-refractivity contribution in [3.05, 3.63) is 59.4 Å². The number of carbonyl (C=O) groups excluding carboxylic acids is 1. The van der Waals surface area contributed by atoms with Crippen molar-refractivity contribution >= 4 is 6.29 Å². The molecule has 1 aromatic heterocycles. The van der Waals surface area contributed by atoms with Gasteiger partial charge in [0.05, 0.1) is 5.56 Å². The molecule has 3 nitrogen and oxygen atoms in total. The third kappa shape index (κ3) is 3.57. The fourth-order valence-electron chi connectivity index (χ4n) is 1.52. The number of halogens is 3. The Kier molecular flexibility index (Phi) is 4.02. The summed E-state index contributed by atoms with van der Waals surface area (Å²) in [5.41, 5.74) is 0.185. The number of aromatic nitrogens is 1. The molecule has 0 N–H and O–H groups in total. The second kappa shape index (κ2) is 5.73. The van der Waals surface area contributed by atoms with Crippen LogP contribution in [0.4, 0.5) is 13.2 Å². The van der Waals surface area contributed by atoms with Crippen LogP contribution in [0.3, 0.4) is 0 Å². The van der Waals surface area contributed by atoms with Crippen molar-refractivity contribution < 1.29 is 22.7 Å². The summed E-state index contributed by atoms with van der Waals surface area (Å²) < 4.78 is 42.8. The van der Waals surface area contributed by atoms with E-state index in [9.17, 15) is 18.0 Å². The molecule has 6 heteroatoms. The summed E-state index contributed by atoms with van der Waals surface area (Å²) in [6.45, 7) is 0.0768. The molecule has 0 radical (unpaired) electrons. The number of alkyl halides is 3.